The predicted octanol–water partition coefficient (Wildman–Crippen LogP) is 1.70. The van der Waals surface area contributed by atoms with Crippen molar-refractivity contribution in [3.63, 3.8) is 0 Å². The van der Waals surface area contributed by atoms with Crippen LogP contribution < -0.4 is 11.5 Å². The summed E-state index contributed by atoms with van der Waals surface area (Å²) in [6.45, 7) is 2.39. The van der Waals surface area contributed by atoms with Crippen molar-refractivity contribution in [1.29, 1.82) is 0 Å². The van der Waals surface area contributed by atoms with Crippen molar-refractivity contribution >= 4 is 11.6 Å². The molecule has 98 valence electrons. The minimum atomic E-state index is -0.0993. The van der Waals surface area contributed by atoms with E-state index in [1.165, 1.54) is 0 Å². The number of pyridine rings is 1. The maximum atomic E-state index is 12.6. The lowest BCUT2D eigenvalue weighted by atomic mass is 9.96. The summed E-state index contributed by atoms with van der Waals surface area (Å²) in [6.07, 6.45) is 2.32. The zero-order valence-corrected chi connectivity index (χ0v) is 10.9. The summed E-state index contributed by atoms with van der Waals surface area (Å²) in [7, 11) is 0. The number of benzene rings is 1. The molecule has 0 unspecified atom stereocenters. The molecule has 0 spiro atoms. The van der Waals surface area contributed by atoms with Crippen LogP contribution in [0.3, 0.4) is 0 Å². The molecule has 0 aliphatic carbocycles. The van der Waals surface area contributed by atoms with E-state index in [1.807, 2.05) is 25.1 Å². The van der Waals surface area contributed by atoms with Crippen LogP contribution >= 0.6 is 0 Å². The van der Waals surface area contributed by atoms with E-state index < -0.39 is 0 Å². The van der Waals surface area contributed by atoms with E-state index in [2.05, 4.69) is 4.98 Å². The summed E-state index contributed by atoms with van der Waals surface area (Å²) in [6, 6.07) is 9.23. The van der Waals surface area contributed by atoms with Crippen LogP contribution in [0.25, 0.3) is 0 Å². The van der Waals surface area contributed by atoms with Gasteiger partial charge in [-0.25, -0.2) is 4.98 Å². The highest BCUT2D eigenvalue weighted by Crippen LogP contribution is 2.19. The van der Waals surface area contributed by atoms with Crippen molar-refractivity contribution < 1.29 is 4.79 Å². The Balaban J connectivity index is 2.47. The van der Waals surface area contributed by atoms with Crippen LogP contribution in [0.15, 0.2) is 36.5 Å². The largest absolute Gasteiger partial charge is 0.383 e. The second-order valence-electron chi connectivity index (χ2n) is 4.47. The van der Waals surface area contributed by atoms with Gasteiger partial charge in [-0.2, -0.15) is 0 Å². The zero-order valence-electron chi connectivity index (χ0n) is 10.9. The highest BCUT2D eigenvalue weighted by atomic mass is 16.1. The second-order valence-corrected chi connectivity index (χ2v) is 4.47. The maximum absolute atomic E-state index is 12.6. The molecule has 2 rings (SSSR count). The normalized spacial score (nSPS) is 10.4. The summed E-state index contributed by atoms with van der Waals surface area (Å²) in [5.74, 6) is 0.163. The van der Waals surface area contributed by atoms with Gasteiger partial charge in [0.05, 0.1) is 5.56 Å². The van der Waals surface area contributed by atoms with Crippen molar-refractivity contribution in [1.82, 2.24) is 4.98 Å². The molecule has 0 bridgehead atoms. The van der Waals surface area contributed by atoms with Crippen LogP contribution in [0.4, 0.5) is 5.82 Å². The molecule has 2 aromatic rings. The Morgan fingerprint density at radius 2 is 2.00 bits per heavy atom. The van der Waals surface area contributed by atoms with Gasteiger partial charge in [0, 0.05) is 11.8 Å². The number of rotatable bonds is 4. The Morgan fingerprint density at radius 1 is 1.26 bits per heavy atom. The first-order chi connectivity index (χ1) is 9.13. The molecule has 4 N–H and O–H groups in total. The second kappa shape index (κ2) is 5.63. The predicted molar refractivity (Wildman–Crippen MR) is 76.0 cm³/mol. The summed E-state index contributed by atoms with van der Waals surface area (Å²) in [4.78, 5) is 16.6. The molecule has 1 aromatic carbocycles. The van der Waals surface area contributed by atoms with Gasteiger partial charge in [0.1, 0.15) is 5.82 Å². The van der Waals surface area contributed by atoms with Gasteiger partial charge in [-0.1, -0.05) is 24.3 Å². The number of ketones is 1. The van der Waals surface area contributed by atoms with Crippen LogP contribution in [0.5, 0.6) is 0 Å². The third-order valence-corrected chi connectivity index (χ3v) is 2.98. The Hall–Kier alpha value is -2.20. The van der Waals surface area contributed by atoms with Crippen LogP contribution in [0.1, 0.15) is 27.0 Å². The fourth-order valence-corrected chi connectivity index (χ4v) is 2.02. The van der Waals surface area contributed by atoms with Crippen molar-refractivity contribution in [2.24, 2.45) is 5.73 Å². The molecule has 19 heavy (non-hydrogen) atoms. The number of carbonyl (C=O) groups excluding carboxylic acids is 1. The third kappa shape index (κ3) is 2.80. The van der Waals surface area contributed by atoms with Gasteiger partial charge < -0.3 is 11.5 Å². The molecular weight excluding hydrogens is 238 g/mol. The van der Waals surface area contributed by atoms with E-state index in [0.717, 1.165) is 11.1 Å². The van der Waals surface area contributed by atoms with Crippen molar-refractivity contribution in [2.75, 3.05) is 12.3 Å². The fourth-order valence-electron chi connectivity index (χ4n) is 2.02. The number of hydrogen-bond acceptors (Lipinski definition) is 4. The summed E-state index contributed by atoms with van der Waals surface area (Å²) in [5, 5.41) is 0. The molecule has 0 fully saturated rings. The van der Waals surface area contributed by atoms with Gasteiger partial charge >= 0.3 is 0 Å². The van der Waals surface area contributed by atoms with Gasteiger partial charge in [-0.05, 0) is 37.1 Å². The van der Waals surface area contributed by atoms with Crippen LogP contribution in [-0.4, -0.2) is 17.3 Å². The van der Waals surface area contributed by atoms with E-state index in [-0.39, 0.29) is 11.6 Å². The number of nitrogens with two attached hydrogens (primary N) is 2. The summed E-state index contributed by atoms with van der Waals surface area (Å²) < 4.78 is 0. The van der Waals surface area contributed by atoms with Crippen LogP contribution in [0, 0.1) is 6.92 Å². The molecule has 0 saturated heterocycles. The zero-order chi connectivity index (χ0) is 13.8. The number of aromatic nitrogens is 1. The minimum Gasteiger partial charge on any atom is -0.383 e. The highest BCUT2D eigenvalue weighted by molar-refractivity contribution is 6.12. The molecule has 0 amide bonds. The standard InChI is InChI=1S/C15H17N3O/c1-10-8-13(15(17)18-9-10)14(19)12-5-3-2-4-11(12)6-7-16/h2-5,8-9H,6-7,16H2,1H3,(H2,17,18). The number of nitrogens with zero attached hydrogens (tertiary/aromatic N) is 1. The topological polar surface area (TPSA) is 82.0 Å². The van der Waals surface area contributed by atoms with Gasteiger partial charge in [-0.15, -0.1) is 0 Å². The molecule has 0 saturated carbocycles. The van der Waals surface area contributed by atoms with Crippen LogP contribution in [0.2, 0.25) is 0 Å². The molecule has 1 heterocycles. The highest BCUT2D eigenvalue weighted by Gasteiger charge is 2.16. The lowest BCUT2D eigenvalue weighted by Crippen LogP contribution is -2.12. The van der Waals surface area contributed by atoms with E-state index >= 15 is 0 Å². The molecule has 0 atom stereocenters. The van der Waals surface area contributed by atoms with Gasteiger partial charge in [0.25, 0.3) is 0 Å². The van der Waals surface area contributed by atoms with E-state index in [1.54, 1.807) is 18.3 Å². The van der Waals surface area contributed by atoms with Gasteiger partial charge in [0.2, 0.25) is 0 Å². The SMILES string of the molecule is Cc1cnc(N)c(C(=O)c2ccccc2CCN)c1. The number of carbonyl (C=O) groups is 1. The number of aryl methyl sites for hydroxylation is 1. The first kappa shape index (κ1) is 13.2. The maximum Gasteiger partial charge on any atom is 0.197 e. The molecule has 0 radical (unpaired) electrons. The molecule has 0 aliphatic heterocycles. The molecule has 1 aromatic heterocycles. The average molecular weight is 255 g/mol. The average Bonchev–Trinajstić information content (AvgIpc) is 2.42. The van der Waals surface area contributed by atoms with Crippen molar-refractivity contribution in [3.05, 3.63) is 58.8 Å². The Kier molecular flexibility index (Phi) is 3.92. The van der Waals surface area contributed by atoms with E-state index in [0.29, 0.717) is 24.1 Å². The van der Waals surface area contributed by atoms with E-state index in [4.69, 9.17) is 11.5 Å². The van der Waals surface area contributed by atoms with Gasteiger partial charge in [0.15, 0.2) is 5.78 Å². The Labute approximate surface area is 112 Å². The van der Waals surface area contributed by atoms with Gasteiger partial charge in [-0.3, -0.25) is 4.79 Å². The Bertz CT molecular complexity index is 608. The third-order valence-electron chi connectivity index (χ3n) is 2.98. The molecule has 4 nitrogen and oxygen atoms in total. The summed E-state index contributed by atoms with van der Waals surface area (Å²) >= 11 is 0. The quantitative estimate of drug-likeness (QED) is 0.815. The smallest absolute Gasteiger partial charge is 0.197 e. The summed E-state index contributed by atoms with van der Waals surface area (Å²) in [5.41, 5.74) is 14.3. The minimum absolute atomic E-state index is 0.0993. The lowest BCUT2D eigenvalue weighted by molar-refractivity contribution is 0.103. The number of hydrogen-bond donors (Lipinski definition) is 2. The van der Waals surface area contributed by atoms with Crippen LogP contribution in [-0.2, 0) is 6.42 Å². The van der Waals surface area contributed by atoms with E-state index in [9.17, 15) is 4.79 Å². The first-order valence-corrected chi connectivity index (χ1v) is 6.18. The van der Waals surface area contributed by atoms with Crippen molar-refractivity contribution in [3.8, 4) is 0 Å². The monoisotopic (exact) mass is 255 g/mol. The first-order valence-electron chi connectivity index (χ1n) is 6.18. The Morgan fingerprint density at radius 3 is 2.74 bits per heavy atom. The number of nitrogen functional groups attached to an aromatic ring is 1. The van der Waals surface area contributed by atoms with Crippen molar-refractivity contribution in [2.45, 2.75) is 13.3 Å². The molecule has 4 heteroatoms. The number of anilines is 1. The lowest BCUT2D eigenvalue weighted by Gasteiger charge is -2.09. The molecule has 0 aliphatic rings. The molecular formula is C15H17N3O. The fraction of sp³-hybridized carbons (Fsp3) is 0.200.